The van der Waals surface area contributed by atoms with Crippen molar-refractivity contribution in [3.8, 4) is 17.1 Å². The van der Waals surface area contributed by atoms with Gasteiger partial charge in [0.15, 0.2) is 4.80 Å². The zero-order valence-electron chi connectivity index (χ0n) is 22.2. The van der Waals surface area contributed by atoms with Crippen LogP contribution in [0, 0.1) is 17.0 Å². The summed E-state index contributed by atoms with van der Waals surface area (Å²) in [6.45, 7) is 5.63. The highest BCUT2D eigenvalue weighted by Crippen LogP contribution is 2.34. The largest absolute Gasteiger partial charge is 0.496 e. The Morgan fingerprint density at radius 2 is 1.93 bits per heavy atom. The molecule has 3 heterocycles. The number of nitro benzene ring substituents is 1. The number of ether oxygens (including phenoxy) is 2. The van der Waals surface area contributed by atoms with Crippen LogP contribution in [0.1, 0.15) is 36.8 Å². The number of allylic oxidation sites excluding steroid dienone is 1. The second kappa shape index (κ2) is 10.8. The first-order valence-electron chi connectivity index (χ1n) is 12.4. The molecule has 0 aliphatic carbocycles. The highest BCUT2D eigenvalue weighted by Gasteiger charge is 2.33. The topological polar surface area (TPSA) is 126 Å². The van der Waals surface area contributed by atoms with Gasteiger partial charge in [-0.3, -0.25) is 19.5 Å². The van der Waals surface area contributed by atoms with Gasteiger partial charge in [0.2, 0.25) is 0 Å². The van der Waals surface area contributed by atoms with Crippen LogP contribution in [-0.2, 0) is 9.53 Å². The van der Waals surface area contributed by atoms with E-state index in [-0.39, 0.29) is 23.6 Å². The second-order valence-electron chi connectivity index (χ2n) is 9.06. The Labute approximate surface area is 232 Å². The number of aromatic nitrogens is 1. The Balaban J connectivity index is 1.61. The molecule has 0 bridgehead atoms. The Morgan fingerprint density at radius 1 is 1.18 bits per heavy atom. The number of rotatable bonds is 7. The zero-order chi connectivity index (χ0) is 28.6. The number of methoxy groups -OCH3 is 1. The van der Waals surface area contributed by atoms with Crippen molar-refractivity contribution in [2.24, 2.45) is 4.99 Å². The summed E-state index contributed by atoms with van der Waals surface area (Å²) in [6.07, 6.45) is 1.61. The molecule has 1 aliphatic rings. The summed E-state index contributed by atoms with van der Waals surface area (Å²) in [4.78, 5) is 42.4. The predicted molar refractivity (Wildman–Crippen MR) is 149 cm³/mol. The third-order valence-electron chi connectivity index (χ3n) is 6.47. The molecule has 0 fully saturated rings. The van der Waals surface area contributed by atoms with Crippen molar-refractivity contribution in [3.05, 3.63) is 113 Å². The average Bonchev–Trinajstić information content (AvgIpc) is 3.52. The zero-order valence-corrected chi connectivity index (χ0v) is 23.0. The van der Waals surface area contributed by atoms with E-state index in [0.717, 1.165) is 11.1 Å². The molecule has 1 atom stereocenters. The van der Waals surface area contributed by atoms with E-state index in [9.17, 15) is 19.7 Å². The van der Waals surface area contributed by atoms with E-state index in [1.807, 2.05) is 31.2 Å². The van der Waals surface area contributed by atoms with E-state index in [1.54, 1.807) is 38.1 Å². The first-order chi connectivity index (χ1) is 19.2. The smallest absolute Gasteiger partial charge is 0.338 e. The quantitative estimate of drug-likeness (QED) is 0.188. The fraction of sp³-hybridized carbons (Fsp3) is 0.207. The molecule has 2 aromatic carbocycles. The maximum Gasteiger partial charge on any atom is 0.338 e. The van der Waals surface area contributed by atoms with Gasteiger partial charge in [-0.15, -0.1) is 0 Å². The van der Waals surface area contributed by atoms with Crippen molar-refractivity contribution in [2.75, 3.05) is 13.7 Å². The SMILES string of the molecule is CCOC(=O)C1=C(C)N=c2s/c(=C/c3ccc(-c4ccc([N+](=O)[O-])cc4OC)o3)c(=O)n2[C@@H]1c1ccc(C)cc1. The first-order valence-corrected chi connectivity index (χ1v) is 13.2. The van der Waals surface area contributed by atoms with Crippen LogP contribution in [0.5, 0.6) is 5.75 Å². The molecule has 1 aliphatic heterocycles. The van der Waals surface area contributed by atoms with Gasteiger partial charge in [-0.05, 0) is 44.5 Å². The highest BCUT2D eigenvalue weighted by atomic mass is 32.1. The number of hydrogen-bond donors (Lipinski definition) is 0. The fourth-order valence-electron chi connectivity index (χ4n) is 4.56. The lowest BCUT2D eigenvalue weighted by Crippen LogP contribution is -2.39. The Hall–Kier alpha value is -4.77. The molecule has 0 spiro atoms. The van der Waals surface area contributed by atoms with Crippen LogP contribution in [0.15, 0.2) is 80.1 Å². The summed E-state index contributed by atoms with van der Waals surface area (Å²) in [5.74, 6) is 0.587. The van der Waals surface area contributed by atoms with Gasteiger partial charge in [-0.2, -0.15) is 0 Å². The molecular formula is C29H25N3O7S. The Morgan fingerprint density at radius 3 is 2.60 bits per heavy atom. The van der Waals surface area contributed by atoms with Crippen molar-refractivity contribution in [2.45, 2.75) is 26.8 Å². The summed E-state index contributed by atoms with van der Waals surface area (Å²) in [7, 11) is 1.42. The lowest BCUT2D eigenvalue weighted by Gasteiger charge is -2.24. The molecule has 2 aromatic heterocycles. The molecule has 4 aromatic rings. The van der Waals surface area contributed by atoms with Crippen molar-refractivity contribution in [1.82, 2.24) is 4.57 Å². The Bertz CT molecular complexity index is 1850. The Kier molecular flexibility index (Phi) is 7.22. The minimum Gasteiger partial charge on any atom is -0.496 e. The van der Waals surface area contributed by atoms with E-state index in [2.05, 4.69) is 4.99 Å². The molecule has 0 radical (unpaired) electrons. The summed E-state index contributed by atoms with van der Waals surface area (Å²) in [5, 5.41) is 11.1. The molecule has 40 heavy (non-hydrogen) atoms. The van der Waals surface area contributed by atoms with Crippen LogP contribution < -0.4 is 19.6 Å². The molecule has 0 saturated heterocycles. The van der Waals surface area contributed by atoms with Crippen molar-refractivity contribution in [1.29, 1.82) is 0 Å². The van der Waals surface area contributed by atoms with E-state index < -0.39 is 16.9 Å². The molecule has 10 nitrogen and oxygen atoms in total. The number of carbonyl (C=O) groups is 1. The minimum absolute atomic E-state index is 0.103. The van der Waals surface area contributed by atoms with Gasteiger partial charge in [0, 0.05) is 12.1 Å². The lowest BCUT2D eigenvalue weighted by molar-refractivity contribution is -0.384. The van der Waals surface area contributed by atoms with E-state index >= 15 is 0 Å². The van der Waals surface area contributed by atoms with Crippen molar-refractivity contribution < 1.29 is 23.6 Å². The van der Waals surface area contributed by atoms with Crippen LogP contribution in [-0.4, -0.2) is 29.2 Å². The summed E-state index contributed by atoms with van der Waals surface area (Å²) < 4.78 is 18.5. The molecule has 204 valence electrons. The molecule has 0 unspecified atom stereocenters. The average molecular weight is 560 g/mol. The van der Waals surface area contributed by atoms with Gasteiger partial charge in [0.25, 0.3) is 11.2 Å². The van der Waals surface area contributed by atoms with Gasteiger partial charge in [-0.1, -0.05) is 41.2 Å². The maximum absolute atomic E-state index is 13.8. The number of fused-ring (bicyclic) bond motifs is 1. The van der Waals surface area contributed by atoms with Crippen LogP contribution in [0.25, 0.3) is 17.4 Å². The number of carbonyl (C=O) groups excluding carboxylic acids is 1. The van der Waals surface area contributed by atoms with E-state index in [1.165, 1.54) is 35.1 Å². The number of benzene rings is 2. The second-order valence-corrected chi connectivity index (χ2v) is 10.1. The number of nitrogens with zero attached hydrogens (tertiary/aromatic N) is 3. The summed E-state index contributed by atoms with van der Waals surface area (Å²) in [6, 6.07) is 14.6. The third kappa shape index (κ3) is 4.87. The molecular weight excluding hydrogens is 534 g/mol. The monoisotopic (exact) mass is 559 g/mol. The highest BCUT2D eigenvalue weighted by molar-refractivity contribution is 7.07. The number of thiazole rings is 1. The number of non-ortho nitro benzene ring substituents is 1. The number of furan rings is 1. The third-order valence-corrected chi connectivity index (χ3v) is 7.45. The molecule has 5 rings (SSSR count). The van der Waals surface area contributed by atoms with Gasteiger partial charge < -0.3 is 13.9 Å². The first kappa shape index (κ1) is 26.8. The van der Waals surface area contributed by atoms with Crippen LogP contribution in [0.2, 0.25) is 0 Å². The van der Waals surface area contributed by atoms with Crippen molar-refractivity contribution in [3.63, 3.8) is 0 Å². The fourth-order valence-corrected chi connectivity index (χ4v) is 5.58. The van der Waals surface area contributed by atoms with Crippen molar-refractivity contribution >= 4 is 29.1 Å². The minimum atomic E-state index is -0.699. The summed E-state index contributed by atoms with van der Waals surface area (Å²) >= 11 is 1.19. The maximum atomic E-state index is 13.8. The number of nitro groups is 1. The molecule has 11 heteroatoms. The number of hydrogen-bond acceptors (Lipinski definition) is 9. The summed E-state index contributed by atoms with van der Waals surface area (Å²) in [5.41, 5.74) is 2.72. The van der Waals surface area contributed by atoms with Crippen LogP contribution in [0.4, 0.5) is 5.69 Å². The number of aryl methyl sites for hydroxylation is 1. The molecule has 0 amide bonds. The molecule has 0 N–H and O–H groups in total. The number of esters is 1. The van der Waals surface area contributed by atoms with E-state index in [0.29, 0.717) is 37.7 Å². The van der Waals surface area contributed by atoms with Gasteiger partial charge in [0.1, 0.15) is 17.3 Å². The van der Waals surface area contributed by atoms with E-state index in [4.69, 9.17) is 13.9 Å². The lowest BCUT2D eigenvalue weighted by atomic mass is 9.95. The molecule has 0 saturated carbocycles. The van der Waals surface area contributed by atoms with Gasteiger partial charge >= 0.3 is 5.97 Å². The van der Waals surface area contributed by atoms with Crippen LogP contribution in [0.3, 0.4) is 0 Å². The van der Waals surface area contributed by atoms with Gasteiger partial charge in [-0.25, -0.2) is 9.79 Å². The van der Waals surface area contributed by atoms with Crippen LogP contribution >= 0.6 is 11.3 Å². The standard InChI is InChI=1S/C29H25N3O7S/c1-5-38-28(34)25-17(3)30-29-31(26(25)18-8-6-16(2)7-9-18)27(33)24(40-29)15-20-11-13-22(39-20)21-12-10-19(32(35)36)14-23(21)37-4/h6-15,26H,5H2,1-4H3/b24-15+/t26-/m1/s1. The van der Waals surface area contributed by atoms with Gasteiger partial charge in [0.05, 0.1) is 52.1 Å². The predicted octanol–water partition coefficient (Wildman–Crippen LogP) is 4.28. The normalized spacial score (nSPS) is 15.0.